The van der Waals surface area contributed by atoms with Crippen LogP contribution in [0.25, 0.3) is 0 Å². The van der Waals surface area contributed by atoms with Gasteiger partial charge < -0.3 is 15.4 Å². The fraction of sp³-hybridized carbons (Fsp3) is 0.833. The zero-order chi connectivity index (χ0) is 7.82. The Bertz CT molecular complexity index is 97.7. The van der Waals surface area contributed by atoms with Gasteiger partial charge in [0.2, 0.25) is 0 Å². The predicted octanol–water partition coefficient (Wildman–Crippen LogP) is 0.117. The molecule has 0 unspecified atom stereocenters. The molecule has 4 heteroatoms. The first-order valence-electron chi connectivity index (χ1n) is 3.34. The van der Waals surface area contributed by atoms with Crippen molar-refractivity contribution in [3.63, 3.8) is 0 Å². The van der Waals surface area contributed by atoms with Gasteiger partial charge >= 0.3 is 0 Å². The van der Waals surface area contributed by atoms with Crippen LogP contribution in [0.4, 0.5) is 0 Å². The third kappa shape index (κ3) is 5.78. The second-order valence-electron chi connectivity index (χ2n) is 1.70. The maximum absolute atomic E-state index is 5.08. The summed E-state index contributed by atoms with van der Waals surface area (Å²) < 4.78 is 5.08. The van der Waals surface area contributed by atoms with E-state index >= 15 is 0 Å². The number of hydrogen-bond acceptors (Lipinski definition) is 2. The lowest BCUT2D eigenvalue weighted by atomic mass is 10.7. The molecule has 2 N–H and O–H groups in total. The quantitative estimate of drug-likeness (QED) is 0.454. The molecule has 0 amide bonds. The fourth-order valence-corrected chi connectivity index (χ4v) is 0.572. The van der Waals surface area contributed by atoms with Gasteiger partial charge in [0.15, 0.2) is 5.11 Å². The summed E-state index contributed by atoms with van der Waals surface area (Å²) in [7, 11) is 1.79. The van der Waals surface area contributed by atoms with Crippen molar-refractivity contribution in [1.82, 2.24) is 10.6 Å². The molecule has 0 aromatic carbocycles. The lowest BCUT2D eigenvalue weighted by Crippen LogP contribution is -2.34. The van der Waals surface area contributed by atoms with Crippen molar-refractivity contribution in [2.24, 2.45) is 0 Å². The Morgan fingerprint density at radius 2 is 2.30 bits per heavy atom. The minimum atomic E-state index is 0.666. The van der Waals surface area contributed by atoms with E-state index in [4.69, 9.17) is 17.0 Å². The second-order valence-corrected chi connectivity index (χ2v) is 2.11. The van der Waals surface area contributed by atoms with Crippen molar-refractivity contribution < 1.29 is 4.74 Å². The minimum absolute atomic E-state index is 0.666. The van der Waals surface area contributed by atoms with Crippen molar-refractivity contribution >= 4 is 17.3 Å². The summed E-state index contributed by atoms with van der Waals surface area (Å²) in [6, 6.07) is 0. The highest BCUT2D eigenvalue weighted by Crippen LogP contribution is 1.70. The summed E-state index contributed by atoms with van der Waals surface area (Å²) in [5.74, 6) is 0. The van der Waals surface area contributed by atoms with Crippen LogP contribution in [0.5, 0.6) is 0 Å². The van der Waals surface area contributed by atoms with Gasteiger partial charge in [0.25, 0.3) is 0 Å². The number of thiocarbonyl (C=S) groups is 1. The highest BCUT2D eigenvalue weighted by molar-refractivity contribution is 7.80. The first-order valence-corrected chi connectivity index (χ1v) is 3.75. The van der Waals surface area contributed by atoms with Gasteiger partial charge in [-0.3, -0.25) is 0 Å². The van der Waals surface area contributed by atoms with Crippen LogP contribution in [-0.4, -0.2) is 31.9 Å². The van der Waals surface area contributed by atoms with E-state index in [0.717, 1.165) is 13.2 Å². The summed E-state index contributed by atoms with van der Waals surface area (Å²) in [4.78, 5) is 0. The molecule has 0 aromatic rings. The van der Waals surface area contributed by atoms with Crippen molar-refractivity contribution in [2.45, 2.75) is 6.92 Å². The summed E-state index contributed by atoms with van der Waals surface area (Å²) in [5.41, 5.74) is 0. The van der Waals surface area contributed by atoms with E-state index in [0.29, 0.717) is 11.7 Å². The molecule has 0 aromatic heterocycles. The molecule has 10 heavy (non-hydrogen) atoms. The van der Waals surface area contributed by atoms with Crippen LogP contribution in [0.3, 0.4) is 0 Å². The molecule has 0 aliphatic rings. The molecule has 0 aliphatic carbocycles. The Kier molecular flexibility index (Phi) is 6.53. The first kappa shape index (κ1) is 9.65. The molecule has 0 spiro atoms. The van der Waals surface area contributed by atoms with Crippen molar-refractivity contribution in [3.05, 3.63) is 0 Å². The van der Waals surface area contributed by atoms with E-state index in [1.165, 1.54) is 0 Å². The molecule has 0 saturated carbocycles. The van der Waals surface area contributed by atoms with Gasteiger partial charge in [-0.25, -0.2) is 0 Å². The maximum Gasteiger partial charge on any atom is 0.166 e. The van der Waals surface area contributed by atoms with Gasteiger partial charge in [-0.2, -0.15) is 0 Å². The van der Waals surface area contributed by atoms with E-state index in [1.54, 1.807) is 7.05 Å². The smallest absolute Gasteiger partial charge is 0.166 e. The third-order valence-electron chi connectivity index (χ3n) is 0.963. The molecule has 3 nitrogen and oxygen atoms in total. The van der Waals surface area contributed by atoms with Crippen molar-refractivity contribution in [2.75, 3.05) is 26.8 Å². The zero-order valence-corrected chi connectivity index (χ0v) is 7.25. The average Bonchev–Trinajstić information content (AvgIpc) is 1.98. The van der Waals surface area contributed by atoms with Gasteiger partial charge in [0.1, 0.15) is 0 Å². The molecule has 0 fully saturated rings. The van der Waals surface area contributed by atoms with Crippen LogP contribution in [-0.2, 0) is 4.74 Å². The number of ether oxygens (including phenoxy) is 1. The van der Waals surface area contributed by atoms with E-state index < -0.39 is 0 Å². The highest BCUT2D eigenvalue weighted by atomic mass is 32.1. The van der Waals surface area contributed by atoms with E-state index in [2.05, 4.69) is 10.6 Å². The molecule has 0 atom stereocenters. The molecule has 0 heterocycles. The van der Waals surface area contributed by atoms with Crippen LogP contribution >= 0.6 is 12.2 Å². The average molecular weight is 162 g/mol. The molecule has 60 valence electrons. The maximum atomic E-state index is 5.08. The van der Waals surface area contributed by atoms with E-state index in [9.17, 15) is 0 Å². The Hall–Kier alpha value is -0.350. The Morgan fingerprint density at radius 1 is 1.60 bits per heavy atom. The number of hydrogen-bond donors (Lipinski definition) is 2. The minimum Gasteiger partial charge on any atom is -0.380 e. The van der Waals surface area contributed by atoms with Crippen LogP contribution < -0.4 is 10.6 Å². The normalized spacial score (nSPS) is 9.00. The Morgan fingerprint density at radius 3 is 2.80 bits per heavy atom. The highest BCUT2D eigenvalue weighted by Gasteiger charge is 1.87. The van der Waals surface area contributed by atoms with Gasteiger partial charge in [-0.1, -0.05) is 0 Å². The lowest BCUT2D eigenvalue weighted by molar-refractivity contribution is 0.152. The molecule has 0 bridgehead atoms. The SMILES string of the molecule is CCOCCNC(=S)NC. The van der Waals surface area contributed by atoms with Gasteiger partial charge in [-0.15, -0.1) is 0 Å². The van der Waals surface area contributed by atoms with Crippen molar-refractivity contribution in [3.8, 4) is 0 Å². The lowest BCUT2D eigenvalue weighted by Gasteiger charge is -2.05. The monoisotopic (exact) mass is 162 g/mol. The number of rotatable bonds is 4. The second kappa shape index (κ2) is 6.77. The summed E-state index contributed by atoms with van der Waals surface area (Å²) in [6.07, 6.45) is 0. The standard InChI is InChI=1S/C6H14N2OS/c1-3-9-5-4-8-6(10)7-2/h3-5H2,1-2H3,(H2,7,8,10). The summed E-state index contributed by atoms with van der Waals surface area (Å²) in [5, 5.41) is 6.44. The topological polar surface area (TPSA) is 33.3 Å². The van der Waals surface area contributed by atoms with Crippen molar-refractivity contribution in [1.29, 1.82) is 0 Å². The van der Waals surface area contributed by atoms with Gasteiger partial charge in [0.05, 0.1) is 6.61 Å². The molecule has 0 radical (unpaired) electrons. The van der Waals surface area contributed by atoms with E-state index in [-0.39, 0.29) is 0 Å². The molecule has 0 aliphatic heterocycles. The molecule has 0 rings (SSSR count). The van der Waals surface area contributed by atoms with E-state index in [1.807, 2.05) is 6.92 Å². The first-order chi connectivity index (χ1) is 4.81. The van der Waals surface area contributed by atoms with Crippen LogP contribution in [0.15, 0.2) is 0 Å². The van der Waals surface area contributed by atoms with Gasteiger partial charge in [0, 0.05) is 20.2 Å². The van der Waals surface area contributed by atoms with Gasteiger partial charge in [-0.05, 0) is 19.1 Å². The molecular weight excluding hydrogens is 148 g/mol. The summed E-state index contributed by atoms with van der Waals surface area (Å²) >= 11 is 4.83. The Balaban J connectivity index is 2.96. The largest absolute Gasteiger partial charge is 0.380 e. The van der Waals surface area contributed by atoms with Crippen LogP contribution in [0.2, 0.25) is 0 Å². The Labute approximate surface area is 67.1 Å². The third-order valence-corrected chi connectivity index (χ3v) is 1.31. The fourth-order valence-electron chi connectivity index (χ4n) is 0.469. The summed E-state index contributed by atoms with van der Waals surface area (Å²) in [6.45, 7) is 4.20. The van der Waals surface area contributed by atoms with Crippen LogP contribution in [0, 0.1) is 0 Å². The molecular formula is C6H14N2OS. The van der Waals surface area contributed by atoms with Crippen LogP contribution in [0.1, 0.15) is 6.92 Å². The molecule has 0 saturated heterocycles. The zero-order valence-electron chi connectivity index (χ0n) is 6.44. The number of nitrogens with one attached hydrogen (secondary N) is 2. The predicted molar refractivity (Wildman–Crippen MR) is 46.2 cm³/mol.